The summed E-state index contributed by atoms with van der Waals surface area (Å²) in [4.78, 5) is 19.1. The average Bonchev–Trinajstić information content (AvgIpc) is 3.04. The van der Waals surface area contributed by atoms with E-state index in [0.29, 0.717) is 11.0 Å². The maximum atomic E-state index is 12.2. The van der Waals surface area contributed by atoms with Crippen LogP contribution in [-0.4, -0.2) is 34.8 Å². The number of carbonyl (C=O) groups is 1. The molecule has 2 fully saturated rings. The molecule has 2 aliphatic rings. The second kappa shape index (κ2) is 7.94. The third kappa shape index (κ3) is 4.38. The minimum Gasteiger partial charge on any atom is -0.479 e. The molecule has 3 rings (SSSR count). The number of ether oxygens (including phenoxy) is 1. The fourth-order valence-electron chi connectivity index (χ4n) is 4.86. The third-order valence-corrected chi connectivity index (χ3v) is 7.22. The van der Waals surface area contributed by atoms with Crippen LogP contribution in [0.15, 0.2) is 4.47 Å². The number of carboxylic acid groups (broad SMARTS) is 1. The number of aryl methyl sites for hydroxylation is 2. The summed E-state index contributed by atoms with van der Waals surface area (Å²) in [6, 6.07) is 0. The lowest BCUT2D eigenvalue weighted by Gasteiger charge is -2.42. The van der Waals surface area contributed by atoms with Crippen molar-refractivity contribution >= 4 is 27.6 Å². The lowest BCUT2D eigenvalue weighted by Crippen LogP contribution is -2.40. The van der Waals surface area contributed by atoms with Crippen LogP contribution in [0.2, 0.25) is 0 Å². The summed E-state index contributed by atoms with van der Waals surface area (Å²) in [7, 11) is 0. The van der Waals surface area contributed by atoms with Gasteiger partial charge in [0.05, 0.1) is 21.5 Å². The molecule has 0 aromatic carbocycles. The standard InChI is InChI=1S/C22H33BrN2O3/c1-14-16(19(20(26)27)28-21(3,4)5)18(17(23)15(2)24-14)25-12-10-22(11-13-25)8-6-7-9-22/h19H,6-13H2,1-5H3,(H,26,27). The van der Waals surface area contributed by atoms with Gasteiger partial charge in [-0.15, -0.1) is 0 Å². The number of hydrogen-bond donors (Lipinski definition) is 1. The van der Waals surface area contributed by atoms with Gasteiger partial charge >= 0.3 is 5.97 Å². The summed E-state index contributed by atoms with van der Waals surface area (Å²) in [5.74, 6) is -0.971. The second-order valence-corrected chi connectivity index (χ2v) is 10.3. The molecule has 5 nitrogen and oxygen atoms in total. The summed E-state index contributed by atoms with van der Waals surface area (Å²) >= 11 is 3.72. The molecule has 0 radical (unpaired) electrons. The molecule has 1 aliphatic carbocycles. The molecule has 156 valence electrons. The van der Waals surface area contributed by atoms with Crippen molar-refractivity contribution in [2.75, 3.05) is 18.0 Å². The Labute approximate surface area is 177 Å². The number of nitrogens with zero attached hydrogens (tertiary/aromatic N) is 2. The predicted octanol–water partition coefficient (Wildman–Crippen LogP) is 5.56. The number of piperidine rings is 1. The van der Waals surface area contributed by atoms with Crippen LogP contribution >= 0.6 is 15.9 Å². The zero-order chi connectivity index (χ0) is 20.7. The smallest absolute Gasteiger partial charge is 0.337 e. The highest BCUT2D eigenvalue weighted by atomic mass is 79.9. The van der Waals surface area contributed by atoms with E-state index in [9.17, 15) is 9.90 Å². The van der Waals surface area contributed by atoms with Crippen molar-refractivity contribution in [3.05, 3.63) is 21.4 Å². The molecule has 0 amide bonds. The first-order chi connectivity index (χ1) is 13.0. The largest absolute Gasteiger partial charge is 0.479 e. The molecule has 6 heteroatoms. The molecule has 1 N–H and O–H groups in total. The summed E-state index contributed by atoms with van der Waals surface area (Å²) in [6.45, 7) is 11.4. The predicted molar refractivity (Wildman–Crippen MR) is 115 cm³/mol. The summed E-state index contributed by atoms with van der Waals surface area (Å²) in [5, 5.41) is 9.98. The van der Waals surface area contributed by atoms with Gasteiger partial charge in [0.25, 0.3) is 0 Å². The third-order valence-electron chi connectivity index (χ3n) is 6.27. The maximum absolute atomic E-state index is 12.2. The number of hydrogen-bond acceptors (Lipinski definition) is 4. The molecule has 1 aromatic rings. The lowest BCUT2D eigenvalue weighted by atomic mass is 9.77. The van der Waals surface area contributed by atoms with Crippen molar-refractivity contribution in [3.8, 4) is 0 Å². The van der Waals surface area contributed by atoms with Crippen LogP contribution in [-0.2, 0) is 9.53 Å². The Morgan fingerprint density at radius 3 is 2.21 bits per heavy atom. The first kappa shape index (κ1) is 21.6. The van der Waals surface area contributed by atoms with Crippen molar-refractivity contribution in [1.29, 1.82) is 0 Å². The molecule has 2 heterocycles. The fourth-order valence-corrected chi connectivity index (χ4v) is 5.41. The number of aromatic nitrogens is 1. The zero-order valence-corrected chi connectivity index (χ0v) is 19.4. The van der Waals surface area contributed by atoms with E-state index in [4.69, 9.17) is 4.74 Å². The first-order valence-electron chi connectivity index (χ1n) is 10.4. The van der Waals surface area contributed by atoms with Crippen molar-refractivity contribution in [1.82, 2.24) is 4.98 Å². The van der Waals surface area contributed by atoms with Crippen molar-refractivity contribution in [3.63, 3.8) is 0 Å². The Morgan fingerprint density at radius 2 is 1.71 bits per heavy atom. The Bertz CT molecular complexity index is 741. The van der Waals surface area contributed by atoms with Crippen molar-refractivity contribution in [2.24, 2.45) is 5.41 Å². The maximum Gasteiger partial charge on any atom is 0.337 e. The topological polar surface area (TPSA) is 62.7 Å². The van der Waals surface area contributed by atoms with Gasteiger partial charge < -0.3 is 14.7 Å². The molecule has 1 aromatic heterocycles. The van der Waals surface area contributed by atoms with E-state index in [1.807, 2.05) is 34.6 Å². The highest BCUT2D eigenvalue weighted by Gasteiger charge is 2.39. The highest BCUT2D eigenvalue weighted by molar-refractivity contribution is 9.10. The van der Waals surface area contributed by atoms with Crippen LogP contribution < -0.4 is 4.90 Å². The quantitative estimate of drug-likeness (QED) is 0.647. The number of aliphatic carboxylic acids is 1. The minimum absolute atomic E-state index is 0.508. The van der Waals surface area contributed by atoms with Gasteiger partial charge in [0.1, 0.15) is 0 Å². The number of halogens is 1. The van der Waals surface area contributed by atoms with Crippen molar-refractivity contribution < 1.29 is 14.6 Å². The zero-order valence-electron chi connectivity index (χ0n) is 17.8. The Balaban J connectivity index is 2.01. The monoisotopic (exact) mass is 452 g/mol. The fraction of sp³-hybridized carbons (Fsp3) is 0.727. The van der Waals surface area contributed by atoms with E-state index < -0.39 is 17.7 Å². The molecule has 0 bridgehead atoms. The van der Waals surface area contributed by atoms with Gasteiger partial charge in [0.2, 0.25) is 0 Å². The first-order valence-corrected chi connectivity index (χ1v) is 11.1. The summed E-state index contributed by atoms with van der Waals surface area (Å²) in [6.07, 6.45) is 6.70. The molecule has 28 heavy (non-hydrogen) atoms. The number of anilines is 1. The van der Waals surface area contributed by atoms with Gasteiger partial charge in [0, 0.05) is 24.3 Å². The molecule has 1 atom stereocenters. The molecular formula is C22H33BrN2O3. The van der Waals surface area contributed by atoms with Crippen LogP contribution in [0.3, 0.4) is 0 Å². The molecule has 1 saturated carbocycles. The van der Waals surface area contributed by atoms with Crippen LogP contribution in [0.1, 0.15) is 82.4 Å². The Kier molecular flexibility index (Phi) is 6.12. The highest BCUT2D eigenvalue weighted by Crippen LogP contribution is 2.48. The Hall–Kier alpha value is -1.14. The summed E-state index contributed by atoms with van der Waals surface area (Å²) in [5.41, 5.74) is 3.19. The van der Waals surface area contributed by atoms with Gasteiger partial charge in [0.15, 0.2) is 6.10 Å². The van der Waals surface area contributed by atoms with Gasteiger partial charge in [-0.1, -0.05) is 12.8 Å². The van der Waals surface area contributed by atoms with E-state index >= 15 is 0 Å². The SMILES string of the molecule is Cc1nc(C)c(C(OC(C)(C)C)C(=O)O)c(N2CCC3(CCCC3)CC2)c1Br. The number of pyridine rings is 1. The van der Waals surface area contributed by atoms with E-state index in [1.165, 1.54) is 38.5 Å². The van der Waals surface area contributed by atoms with E-state index in [0.717, 1.165) is 34.6 Å². The summed E-state index contributed by atoms with van der Waals surface area (Å²) < 4.78 is 6.89. The van der Waals surface area contributed by atoms with Gasteiger partial charge in [-0.05, 0) is 81.6 Å². The lowest BCUT2D eigenvalue weighted by molar-refractivity contribution is -0.160. The Morgan fingerprint density at radius 1 is 1.14 bits per heavy atom. The molecule has 1 spiro atoms. The molecule has 1 aliphatic heterocycles. The van der Waals surface area contributed by atoms with Gasteiger partial charge in [-0.2, -0.15) is 0 Å². The molecule has 1 unspecified atom stereocenters. The van der Waals surface area contributed by atoms with E-state index in [-0.39, 0.29) is 0 Å². The molecular weight excluding hydrogens is 420 g/mol. The minimum atomic E-state index is -1.04. The van der Waals surface area contributed by atoms with Gasteiger partial charge in [-0.25, -0.2) is 4.79 Å². The van der Waals surface area contributed by atoms with E-state index in [1.54, 1.807) is 0 Å². The number of carboxylic acids is 1. The van der Waals surface area contributed by atoms with Crippen LogP contribution in [0.25, 0.3) is 0 Å². The van der Waals surface area contributed by atoms with Gasteiger partial charge in [-0.3, -0.25) is 4.98 Å². The molecule has 1 saturated heterocycles. The van der Waals surface area contributed by atoms with E-state index in [2.05, 4.69) is 25.8 Å². The second-order valence-electron chi connectivity index (χ2n) is 9.50. The normalized spacial score (nSPS) is 20.6. The van der Waals surface area contributed by atoms with Crippen molar-refractivity contribution in [2.45, 2.75) is 84.8 Å². The average molecular weight is 453 g/mol. The van der Waals surface area contributed by atoms with Crippen LogP contribution in [0, 0.1) is 19.3 Å². The number of rotatable bonds is 4. The van der Waals surface area contributed by atoms with Crippen LogP contribution in [0.5, 0.6) is 0 Å². The van der Waals surface area contributed by atoms with Crippen LogP contribution in [0.4, 0.5) is 5.69 Å².